The van der Waals surface area contributed by atoms with E-state index < -0.39 is 0 Å². The van der Waals surface area contributed by atoms with E-state index >= 15 is 0 Å². The Morgan fingerprint density at radius 1 is 1.56 bits per heavy atom. The van der Waals surface area contributed by atoms with E-state index in [2.05, 4.69) is 31.3 Å². The molecule has 18 heavy (non-hydrogen) atoms. The van der Waals surface area contributed by atoms with Gasteiger partial charge in [0.25, 0.3) is 5.91 Å². The van der Waals surface area contributed by atoms with Crippen molar-refractivity contribution in [2.24, 2.45) is 7.05 Å². The van der Waals surface area contributed by atoms with Crippen LogP contribution < -0.4 is 5.32 Å². The number of hydrogen-bond donors (Lipinski definition) is 1. The van der Waals surface area contributed by atoms with Crippen LogP contribution in [0.15, 0.2) is 21.4 Å². The first kappa shape index (κ1) is 12.8. The van der Waals surface area contributed by atoms with Crippen molar-refractivity contribution in [1.29, 1.82) is 0 Å². The lowest BCUT2D eigenvalue weighted by atomic mass is 10.2. The Labute approximate surface area is 113 Å². The summed E-state index contributed by atoms with van der Waals surface area (Å²) in [5, 5.41) is 6.91. The predicted octanol–water partition coefficient (Wildman–Crippen LogP) is 2.55. The second kappa shape index (κ2) is 4.93. The number of hydrogen-bond acceptors (Lipinski definition) is 4. The maximum atomic E-state index is 11.9. The Morgan fingerprint density at radius 3 is 2.78 bits per heavy atom. The molecule has 0 saturated heterocycles. The molecular formula is C11H13BrN4O2. The Hall–Kier alpha value is -1.63. The summed E-state index contributed by atoms with van der Waals surface area (Å²) in [6.45, 7) is 3.99. The molecule has 0 aliphatic heterocycles. The van der Waals surface area contributed by atoms with Gasteiger partial charge in [-0.15, -0.1) is 0 Å². The molecule has 0 fully saturated rings. The molecule has 0 aromatic carbocycles. The summed E-state index contributed by atoms with van der Waals surface area (Å²) in [6, 6.07) is 1.58. The van der Waals surface area contributed by atoms with Crippen LogP contribution in [0, 0.1) is 0 Å². The van der Waals surface area contributed by atoms with Crippen LogP contribution in [0.2, 0.25) is 0 Å². The zero-order chi connectivity index (χ0) is 13.3. The highest BCUT2D eigenvalue weighted by Gasteiger charge is 2.16. The molecule has 1 N–H and O–H groups in total. The quantitative estimate of drug-likeness (QED) is 0.945. The lowest BCUT2D eigenvalue weighted by molar-refractivity contribution is 0.102. The molecule has 0 unspecified atom stereocenters. The molecule has 7 heteroatoms. The van der Waals surface area contributed by atoms with E-state index in [9.17, 15) is 4.79 Å². The first-order chi connectivity index (χ1) is 8.49. The van der Waals surface area contributed by atoms with Crippen LogP contribution in [0.5, 0.6) is 0 Å². The highest BCUT2D eigenvalue weighted by molar-refractivity contribution is 9.10. The van der Waals surface area contributed by atoms with Gasteiger partial charge in [0.1, 0.15) is 0 Å². The molecule has 2 heterocycles. The third-order valence-corrected chi connectivity index (χ3v) is 3.00. The molecule has 0 saturated carbocycles. The summed E-state index contributed by atoms with van der Waals surface area (Å²) in [4.78, 5) is 16.2. The monoisotopic (exact) mass is 312 g/mol. The number of carbonyl (C=O) groups is 1. The zero-order valence-electron chi connectivity index (χ0n) is 10.3. The molecule has 0 aliphatic rings. The van der Waals surface area contributed by atoms with E-state index in [0.717, 1.165) is 0 Å². The van der Waals surface area contributed by atoms with Crippen molar-refractivity contribution in [3.8, 4) is 0 Å². The second-order valence-corrected chi connectivity index (χ2v) is 4.85. The standard InChI is InChI=1S/C11H13BrN4O2/c1-6(2)9-13-11(16(3)15-9)14-10(17)7-4-5-18-8(7)12/h4-6H,1-3H3,(H,13,14,15,17). The Morgan fingerprint density at radius 2 is 2.28 bits per heavy atom. The average molecular weight is 313 g/mol. The molecule has 0 radical (unpaired) electrons. The SMILES string of the molecule is CC(C)c1nc(NC(=O)c2ccoc2Br)n(C)n1. The van der Waals surface area contributed by atoms with Crippen LogP contribution >= 0.6 is 15.9 Å². The lowest BCUT2D eigenvalue weighted by Crippen LogP contribution is -2.15. The highest BCUT2D eigenvalue weighted by atomic mass is 79.9. The third-order valence-electron chi connectivity index (χ3n) is 2.38. The van der Waals surface area contributed by atoms with Crippen LogP contribution in [0.1, 0.15) is 35.9 Å². The molecule has 2 aromatic heterocycles. The van der Waals surface area contributed by atoms with Gasteiger partial charge in [0.15, 0.2) is 10.5 Å². The van der Waals surface area contributed by atoms with Gasteiger partial charge in [0.05, 0.1) is 11.8 Å². The normalized spacial score (nSPS) is 10.9. The van der Waals surface area contributed by atoms with E-state index in [4.69, 9.17) is 4.42 Å². The number of rotatable bonds is 3. The van der Waals surface area contributed by atoms with Gasteiger partial charge in [0.2, 0.25) is 5.95 Å². The lowest BCUT2D eigenvalue weighted by Gasteiger charge is -2.01. The minimum atomic E-state index is -0.290. The van der Waals surface area contributed by atoms with Crippen molar-refractivity contribution in [2.75, 3.05) is 5.32 Å². The summed E-state index contributed by atoms with van der Waals surface area (Å²) < 4.78 is 6.95. The van der Waals surface area contributed by atoms with Gasteiger partial charge in [0, 0.05) is 13.0 Å². The van der Waals surface area contributed by atoms with Gasteiger partial charge in [-0.1, -0.05) is 13.8 Å². The first-order valence-electron chi connectivity index (χ1n) is 5.44. The van der Waals surface area contributed by atoms with Gasteiger partial charge >= 0.3 is 0 Å². The van der Waals surface area contributed by atoms with Crippen molar-refractivity contribution in [3.63, 3.8) is 0 Å². The number of carbonyl (C=O) groups excluding carboxylic acids is 1. The zero-order valence-corrected chi connectivity index (χ0v) is 11.9. The maximum absolute atomic E-state index is 11.9. The maximum Gasteiger partial charge on any atom is 0.262 e. The van der Waals surface area contributed by atoms with E-state index in [0.29, 0.717) is 22.0 Å². The van der Waals surface area contributed by atoms with Crippen LogP contribution in [-0.2, 0) is 7.05 Å². The van der Waals surface area contributed by atoms with Crippen LogP contribution in [0.4, 0.5) is 5.95 Å². The number of nitrogens with zero attached hydrogens (tertiary/aromatic N) is 3. The Kier molecular flexibility index (Phi) is 3.51. The van der Waals surface area contributed by atoms with E-state index in [-0.39, 0.29) is 11.8 Å². The Balaban J connectivity index is 2.19. The van der Waals surface area contributed by atoms with Crippen molar-refractivity contribution < 1.29 is 9.21 Å². The molecule has 96 valence electrons. The Bertz CT molecular complexity index is 573. The van der Waals surface area contributed by atoms with Gasteiger partial charge in [-0.3, -0.25) is 10.1 Å². The van der Waals surface area contributed by atoms with Gasteiger partial charge < -0.3 is 4.42 Å². The van der Waals surface area contributed by atoms with Gasteiger partial charge in [-0.05, 0) is 22.0 Å². The third kappa shape index (κ3) is 2.45. The predicted molar refractivity (Wildman–Crippen MR) is 69.5 cm³/mol. The molecule has 0 bridgehead atoms. The topological polar surface area (TPSA) is 73.0 Å². The fraction of sp³-hybridized carbons (Fsp3) is 0.364. The molecule has 0 aliphatic carbocycles. The number of amides is 1. The van der Waals surface area contributed by atoms with E-state index in [1.807, 2.05) is 13.8 Å². The highest BCUT2D eigenvalue weighted by Crippen LogP contribution is 2.19. The fourth-order valence-corrected chi connectivity index (χ4v) is 1.80. The summed E-state index contributed by atoms with van der Waals surface area (Å²) >= 11 is 3.16. The molecule has 6 nitrogen and oxygen atoms in total. The van der Waals surface area contributed by atoms with Crippen molar-refractivity contribution in [2.45, 2.75) is 19.8 Å². The van der Waals surface area contributed by atoms with E-state index in [1.54, 1.807) is 17.8 Å². The summed E-state index contributed by atoms with van der Waals surface area (Å²) in [6.07, 6.45) is 1.44. The smallest absolute Gasteiger partial charge is 0.262 e. The average Bonchev–Trinajstić information content (AvgIpc) is 2.86. The first-order valence-corrected chi connectivity index (χ1v) is 6.23. The van der Waals surface area contributed by atoms with Crippen LogP contribution in [0.3, 0.4) is 0 Å². The van der Waals surface area contributed by atoms with Gasteiger partial charge in [-0.2, -0.15) is 10.1 Å². The molecular weight excluding hydrogens is 300 g/mol. The number of aromatic nitrogens is 3. The van der Waals surface area contributed by atoms with Crippen LogP contribution in [-0.4, -0.2) is 20.7 Å². The summed E-state index contributed by atoms with van der Waals surface area (Å²) in [7, 11) is 1.74. The largest absolute Gasteiger partial charge is 0.457 e. The number of furan rings is 1. The molecule has 1 amide bonds. The molecule has 0 spiro atoms. The fourth-order valence-electron chi connectivity index (χ4n) is 1.38. The minimum absolute atomic E-state index is 0.211. The molecule has 2 aromatic rings. The minimum Gasteiger partial charge on any atom is -0.457 e. The summed E-state index contributed by atoms with van der Waals surface area (Å²) in [5.74, 6) is 1.03. The number of nitrogens with one attached hydrogen (secondary N) is 1. The van der Waals surface area contributed by atoms with Crippen LogP contribution in [0.25, 0.3) is 0 Å². The molecule has 2 rings (SSSR count). The van der Waals surface area contributed by atoms with Crippen molar-refractivity contribution in [3.05, 3.63) is 28.4 Å². The van der Waals surface area contributed by atoms with E-state index in [1.165, 1.54) is 6.26 Å². The number of halogens is 1. The van der Waals surface area contributed by atoms with Crippen molar-refractivity contribution in [1.82, 2.24) is 14.8 Å². The molecule has 0 atom stereocenters. The van der Waals surface area contributed by atoms with Crippen molar-refractivity contribution >= 4 is 27.8 Å². The number of anilines is 1. The summed E-state index contributed by atoms with van der Waals surface area (Å²) in [5.41, 5.74) is 0.420. The van der Waals surface area contributed by atoms with Gasteiger partial charge in [-0.25, -0.2) is 4.68 Å². The number of aryl methyl sites for hydroxylation is 1. The second-order valence-electron chi connectivity index (χ2n) is 4.13.